The third-order valence-corrected chi connectivity index (χ3v) is 6.11. The van der Waals surface area contributed by atoms with Crippen LogP contribution in [0.1, 0.15) is 64.3 Å². The quantitative estimate of drug-likeness (QED) is 0.380. The van der Waals surface area contributed by atoms with E-state index < -0.39 is 0 Å². The highest BCUT2D eigenvalue weighted by Gasteiger charge is 2.40. The lowest BCUT2D eigenvalue weighted by atomic mass is 10.0. The number of rotatable bonds is 4. The molecule has 0 N–H and O–H groups in total. The van der Waals surface area contributed by atoms with Crippen LogP contribution in [0.5, 0.6) is 0 Å². The summed E-state index contributed by atoms with van der Waals surface area (Å²) in [6.07, 6.45) is 5.34. The molecule has 172 valence electrons. The van der Waals surface area contributed by atoms with Gasteiger partial charge in [0.2, 0.25) is 0 Å². The van der Waals surface area contributed by atoms with Gasteiger partial charge in [0.15, 0.2) is 5.82 Å². The number of benzene rings is 2. The summed E-state index contributed by atoms with van der Waals surface area (Å²) in [5.41, 5.74) is 7.42. The van der Waals surface area contributed by atoms with E-state index in [0.29, 0.717) is 0 Å². The Morgan fingerprint density at radius 1 is 1.00 bits per heavy atom. The number of fused-ring (bicyclic) bond motifs is 2. The smallest absolute Gasteiger partial charge is 0.150 e. The zero-order chi connectivity index (χ0) is 23.8. The van der Waals surface area contributed by atoms with Crippen molar-refractivity contribution in [2.75, 3.05) is 0 Å². The average molecular weight is 440 g/mol. The van der Waals surface area contributed by atoms with Crippen LogP contribution in [-0.4, -0.2) is 16.9 Å². The molecule has 1 saturated carbocycles. The predicted molar refractivity (Wildman–Crippen MR) is 143 cm³/mol. The molecular weight excluding hydrogens is 402 g/mol. The summed E-state index contributed by atoms with van der Waals surface area (Å²) >= 11 is 0. The first-order valence-electron chi connectivity index (χ1n) is 12.2. The third kappa shape index (κ3) is 6.47. The van der Waals surface area contributed by atoms with Crippen molar-refractivity contribution >= 4 is 22.8 Å². The lowest BCUT2D eigenvalue weighted by molar-refractivity contribution is 0.893. The van der Waals surface area contributed by atoms with Crippen molar-refractivity contribution in [3.63, 3.8) is 0 Å². The van der Waals surface area contributed by atoms with Crippen LogP contribution < -0.4 is 0 Å². The van der Waals surface area contributed by atoms with Crippen molar-refractivity contribution in [1.29, 1.82) is 0 Å². The van der Waals surface area contributed by atoms with E-state index in [-0.39, 0.29) is 0 Å². The molecular formula is C30H37N3. The van der Waals surface area contributed by atoms with E-state index in [0.717, 1.165) is 41.7 Å². The predicted octanol–water partition coefficient (Wildman–Crippen LogP) is 7.97. The summed E-state index contributed by atoms with van der Waals surface area (Å²) in [6.45, 7) is 12.4. The van der Waals surface area contributed by atoms with Gasteiger partial charge in [-0.25, -0.2) is 9.98 Å². The molecule has 5 rings (SSSR count). The first-order valence-corrected chi connectivity index (χ1v) is 12.2. The van der Waals surface area contributed by atoms with E-state index in [4.69, 9.17) is 0 Å². The second-order valence-electron chi connectivity index (χ2n) is 8.59. The number of allylic oxidation sites excluding steroid dienone is 1. The molecule has 0 bridgehead atoms. The Hall–Kier alpha value is -3.07. The molecule has 3 heteroatoms. The number of para-hydroxylation sites is 1. The second-order valence-corrected chi connectivity index (χ2v) is 8.59. The fourth-order valence-corrected chi connectivity index (χ4v) is 4.05. The van der Waals surface area contributed by atoms with Gasteiger partial charge in [0.25, 0.3) is 0 Å². The van der Waals surface area contributed by atoms with Crippen LogP contribution in [0.2, 0.25) is 0 Å². The summed E-state index contributed by atoms with van der Waals surface area (Å²) in [5.74, 6) is 2.47. The molecule has 2 heterocycles. The zero-order valence-corrected chi connectivity index (χ0v) is 21.0. The molecule has 2 unspecified atom stereocenters. The Morgan fingerprint density at radius 2 is 1.70 bits per heavy atom. The van der Waals surface area contributed by atoms with Gasteiger partial charge in [-0.3, -0.25) is 4.98 Å². The van der Waals surface area contributed by atoms with Crippen molar-refractivity contribution < 1.29 is 0 Å². The van der Waals surface area contributed by atoms with E-state index in [1.54, 1.807) is 0 Å². The van der Waals surface area contributed by atoms with Gasteiger partial charge < -0.3 is 0 Å². The Morgan fingerprint density at radius 3 is 2.42 bits per heavy atom. The number of hydrogen-bond donors (Lipinski definition) is 0. The third-order valence-electron chi connectivity index (χ3n) is 6.11. The van der Waals surface area contributed by atoms with E-state index in [9.17, 15) is 0 Å². The normalized spacial score (nSPS) is 18.7. The van der Waals surface area contributed by atoms with Crippen molar-refractivity contribution in [3.05, 3.63) is 88.9 Å². The molecule has 0 radical (unpaired) electrons. The minimum atomic E-state index is 0.737. The molecule has 1 aliphatic carbocycles. The molecule has 33 heavy (non-hydrogen) atoms. The standard InChI is InChI=1S/C17H15N.C11H16N2.C2H6/c1-13-11-15(12-14-7-3-2-4-8-14)16-9-5-6-10-17(16)18-13;1-4-7(2)13-11-8(3)10-5-9(10)6-12-11;1-2/h2-11H,12H2,1H3;6,9-10H,4-5H2,1-3H3;1-2H3/b;13-7-;. The SMILES string of the molecule is CC.CC/C(C)=N\C1=C(C)C2CC2C=N1.Cc1cc(Cc2ccccc2)c2ccccc2n1. The topological polar surface area (TPSA) is 37.6 Å². The molecule has 2 aliphatic rings. The molecule has 0 spiro atoms. The molecule has 2 aromatic carbocycles. The summed E-state index contributed by atoms with van der Waals surface area (Å²) in [6, 6.07) is 21.1. The molecule has 0 amide bonds. The minimum absolute atomic E-state index is 0.737. The average Bonchev–Trinajstić information content (AvgIpc) is 3.64. The van der Waals surface area contributed by atoms with Gasteiger partial charge in [-0.05, 0) is 74.8 Å². The maximum Gasteiger partial charge on any atom is 0.150 e. The molecule has 1 aliphatic heterocycles. The maximum atomic E-state index is 4.58. The van der Waals surface area contributed by atoms with Crippen LogP contribution in [0.15, 0.2) is 82.0 Å². The minimum Gasteiger partial charge on any atom is -0.253 e. The van der Waals surface area contributed by atoms with Crippen LogP contribution in [-0.2, 0) is 6.42 Å². The number of nitrogens with zero attached hydrogens (tertiary/aromatic N) is 3. The number of aliphatic imine (C=N–C) groups is 2. The summed E-state index contributed by atoms with van der Waals surface area (Å²) in [4.78, 5) is 13.5. The fraction of sp³-hybridized carbons (Fsp3) is 0.367. The highest BCUT2D eigenvalue weighted by Crippen LogP contribution is 2.46. The number of hydrogen-bond acceptors (Lipinski definition) is 3. The van der Waals surface area contributed by atoms with Gasteiger partial charge in [0.1, 0.15) is 0 Å². The van der Waals surface area contributed by atoms with Gasteiger partial charge >= 0.3 is 0 Å². The first-order chi connectivity index (χ1) is 16.0. The van der Waals surface area contributed by atoms with Crippen molar-refractivity contribution in [1.82, 2.24) is 4.98 Å². The zero-order valence-electron chi connectivity index (χ0n) is 21.0. The Bertz CT molecular complexity index is 1160. The molecule has 3 aromatic rings. The second kappa shape index (κ2) is 11.7. The number of aromatic nitrogens is 1. The van der Waals surface area contributed by atoms with Crippen LogP contribution in [0, 0.1) is 18.8 Å². The summed E-state index contributed by atoms with van der Waals surface area (Å²) < 4.78 is 0. The van der Waals surface area contributed by atoms with Gasteiger partial charge in [-0.15, -0.1) is 0 Å². The summed E-state index contributed by atoms with van der Waals surface area (Å²) in [5, 5.41) is 1.26. The molecule has 0 saturated heterocycles. The van der Waals surface area contributed by atoms with Crippen molar-refractivity contribution in [2.45, 2.75) is 60.8 Å². The lowest BCUT2D eigenvalue weighted by Crippen LogP contribution is -1.99. The van der Waals surface area contributed by atoms with E-state index >= 15 is 0 Å². The van der Waals surface area contributed by atoms with E-state index in [2.05, 4.69) is 103 Å². The highest BCUT2D eigenvalue weighted by molar-refractivity contribution is 5.83. The molecule has 1 aromatic heterocycles. The Kier molecular flexibility index (Phi) is 8.71. The number of pyridine rings is 1. The Balaban J connectivity index is 0.000000181. The van der Waals surface area contributed by atoms with Crippen LogP contribution in [0.3, 0.4) is 0 Å². The van der Waals surface area contributed by atoms with Crippen LogP contribution in [0.4, 0.5) is 0 Å². The monoisotopic (exact) mass is 439 g/mol. The van der Waals surface area contributed by atoms with Crippen molar-refractivity contribution in [2.24, 2.45) is 21.8 Å². The van der Waals surface area contributed by atoms with Gasteiger partial charge in [0.05, 0.1) is 5.52 Å². The van der Waals surface area contributed by atoms with Gasteiger partial charge in [-0.2, -0.15) is 0 Å². The van der Waals surface area contributed by atoms with E-state index in [1.807, 2.05) is 19.9 Å². The van der Waals surface area contributed by atoms with Gasteiger partial charge in [-0.1, -0.05) is 69.3 Å². The fourth-order valence-electron chi connectivity index (χ4n) is 4.05. The van der Waals surface area contributed by atoms with E-state index in [1.165, 1.54) is 34.2 Å². The molecule has 2 atom stereocenters. The molecule has 3 nitrogen and oxygen atoms in total. The van der Waals surface area contributed by atoms with Gasteiger partial charge in [0, 0.05) is 28.9 Å². The van der Waals surface area contributed by atoms with Crippen LogP contribution >= 0.6 is 0 Å². The highest BCUT2D eigenvalue weighted by atomic mass is 15.0. The Labute approximate surface area is 199 Å². The summed E-state index contributed by atoms with van der Waals surface area (Å²) in [7, 11) is 0. The lowest BCUT2D eigenvalue weighted by Gasteiger charge is -2.08. The maximum absolute atomic E-state index is 4.58. The van der Waals surface area contributed by atoms with Crippen molar-refractivity contribution in [3.8, 4) is 0 Å². The first kappa shape index (κ1) is 24.6. The number of aryl methyl sites for hydroxylation is 1. The van der Waals surface area contributed by atoms with Crippen LogP contribution in [0.25, 0.3) is 10.9 Å². The molecule has 1 fully saturated rings. The largest absolute Gasteiger partial charge is 0.253 e.